The molecule has 0 aromatic rings. The third-order valence-corrected chi connectivity index (χ3v) is 3.56. The molecular weight excluding hydrogens is 348 g/mol. The number of ketones is 1. The molecule has 2 rings (SSSR count). The number of nitrogens with two attached hydrogens (primary N) is 1. The van der Waals surface area contributed by atoms with E-state index in [1.165, 1.54) is 6.38 Å². The molecule has 4 N–H and O–H groups in total. The summed E-state index contributed by atoms with van der Waals surface area (Å²) in [5.74, 6) is -0.777. The normalized spacial score (nSPS) is 17.9. The molecule has 25 heavy (non-hydrogen) atoms. The van der Waals surface area contributed by atoms with Crippen molar-refractivity contribution in [1.29, 1.82) is 0 Å². The van der Waals surface area contributed by atoms with Crippen LogP contribution in [0.3, 0.4) is 0 Å². The van der Waals surface area contributed by atoms with E-state index in [0.717, 1.165) is 12.8 Å². The molecule has 0 heterocycles. The zero-order valence-electron chi connectivity index (χ0n) is 15.1. The van der Waals surface area contributed by atoms with Crippen molar-refractivity contribution in [2.24, 2.45) is 5.73 Å². The number of Topliss-reactive ketones (excluding diaryl/α,β-unsaturated/α-hetero) is 1. The van der Waals surface area contributed by atoms with Crippen molar-refractivity contribution in [3.8, 4) is 0 Å². The number of carbonyl (C=O) groups is 3. The average Bonchev–Trinajstić information content (AvgIpc) is 3.38. The van der Waals surface area contributed by atoms with Crippen LogP contribution in [0.15, 0.2) is 0 Å². The van der Waals surface area contributed by atoms with Crippen molar-refractivity contribution >= 4 is 29.4 Å². The van der Waals surface area contributed by atoms with Gasteiger partial charge in [0.05, 0.1) is 0 Å². The second kappa shape index (κ2) is 9.97. The molecule has 1 amide bonds. The van der Waals surface area contributed by atoms with Gasteiger partial charge in [0, 0.05) is 12.8 Å². The summed E-state index contributed by atoms with van der Waals surface area (Å²) < 4.78 is 5.11. The van der Waals surface area contributed by atoms with Crippen LogP contribution < -0.4 is 11.1 Å². The number of halogens is 1. The summed E-state index contributed by atoms with van der Waals surface area (Å²) in [6, 6.07) is 0. The number of hydrogen-bond donors (Lipinski definition) is 3. The zero-order chi connectivity index (χ0) is 19.2. The Bertz CT molecular complexity index is 466. The minimum atomic E-state index is -0.868. The molecule has 0 saturated heterocycles. The van der Waals surface area contributed by atoms with Crippen LogP contribution in [-0.4, -0.2) is 46.0 Å². The van der Waals surface area contributed by atoms with Gasteiger partial charge in [0.2, 0.25) is 0 Å². The fourth-order valence-electron chi connectivity index (χ4n) is 1.78. The van der Waals surface area contributed by atoms with Crippen molar-refractivity contribution in [2.75, 3.05) is 6.38 Å². The van der Waals surface area contributed by atoms with E-state index >= 15 is 0 Å². The molecule has 0 unspecified atom stereocenters. The van der Waals surface area contributed by atoms with Gasteiger partial charge in [0.25, 0.3) is 0 Å². The maximum Gasteiger partial charge on any atom is 0.408 e. The van der Waals surface area contributed by atoms with Gasteiger partial charge in [-0.3, -0.25) is 9.59 Å². The average molecular weight is 381 g/mol. The van der Waals surface area contributed by atoms with Gasteiger partial charge >= 0.3 is 12.1 Å². The Morgan fingerprint density at radius 2 is 1.60 bits per heavy atom. The number of alkyl halides is 1. The first kappa shape index (κ1) is 25.9. The molecule has 0 aliphatic heterocycles. The summed E-state index contributed by atoms with van der Waals surface area (Å²) in [5, 5.41) is 10.9. The molecule has 7 nitrogen and oxygen atoms in total. The lowest BCUT2D eigenvalue weighted by Gasteiger charge is -2.22. The summed E-state index contributed by atoms with van der Waals surface area (Å²) in [6.45, 7) is 7.20. The molecule has 8 heteroatoms. The fraction of sp³-hybridized carbons (Fsp3) is 0.824. The molecule has 0 spiro atoms. The zero-order valence-corrected chi connectivity index (χ0v) is 15.8. The van der Waals surface area contributed by atoms with E-state index in [9.17, 15) is 14.4 Å². The van der Waals surface area contributed by atoms with Crippen molar-refractivity contribution < 1.29 is 24.2 Å². The maximum atomic E-state index is 11.5. The Kier molecular flexibility index (Phi) is 10.3. The lowest BCUT2D eigenvalue weighted by Crippen LogP contribution is -2.45. The van der Waals surface area contributed by atoms with Gasteiger partial charge in [0.1, 0.15) is 16.7 Å². The monoisotopic (exact) mass is 380 g/mol. The predicted octanol–water partition coefficient (Wildman–Crippen LogP) is 3.08. The molecule has 2 aliphatic rings. The first-order valence-corrected chi connectivity index (χ1v) is 8.64. The summed E-state index contributed by atoms with van der Waals surface area (Å²) >= 11 is 4.64. The van der Waals surface area contributed by atoms with Crippen LogP contribution >= 0.6 is 11.6 Å². The van der Waals surface area contributed by atoms with E-state index in [2.05, 4.69) is 16.9 Å². The van der Waals surface area contributed by atoms with E-state index in [1.807, 2.05) is 0 Å². The molecule has 0 bridgehead atoms. The number of carboxylic acid groups (broad SMARTS) is 1. The molecule has 2 fully saturated rings. The topological polar surface area (TPSA) is 119 Å². The molecule has 148 valence electrons. The number of rotatable bonds is 4. The minimum absolute atomic E-state index is 0. The molecule has 0 atom stereocenters. The Labute approximate surface area is 155 Å². The highest BCUT2D eigenvalue weighted by Gasteiger charge is 2.50. The Morgan fingerprint density at radius 3 is 1.80 bits per heavy atom. The summed E-state index contributed by atoms with van der Waals surface area (Å²) in [7, 11) is 0. The van der Waals surface area contributed by atoms with Gasteiger partial charge in [-0.05, 0) is 46.5 Å². The van der Waals surface area contributed by atoms with E-state index in [0.29, 0.717) is 19.3 Å². The maximum absolute atomic E-state index is 11.5. The Morgan fingerprint density at radius 1 is 1.16 bits per heavy atom. The number of carbonyl (C=O) groups excluding carboxylic acids is 2. The number of hydrogen-bond acceptors (Lipinski definition) is 5. The van der Waals surface area contributed by atoms with Crippen LogP contribution in [-0.2, 0) is 14.3 Å². The van der Waals surface area contributed by atoms with Crippen molar-refractivity contribution in [2.45, 2.75) is 83.9 Å². The standard InChI is InChI=1S/C11H19NO3.C4H7NO2.CH3Cl.CH4/c1-5-8(13)11(6-7-11)12-9(14)15-10(2,3)4;5-4(1-2-4)3(6)7;1-2;/h5-7H2,1-4H3,(H,12,14);1-2,5H2,(H,6,7);1H3;1H4. The first-order chi connectivity index (χ1) is 10.9. The molecule has 0 aromatic carbocycles. The summed E-state index contributed by atoms with van der Waals surface area (Å²) in [4.78, 5) is 32.9. The van der Waals surface area contributed by atoms with Crippen LogP contribution in [0.4, 0.5) is 4.79 Å². The SMILES string of the molecule is C.CCC(=O)C1(NC(=O)OC(C)(C)C)CC1.CCl.NC1(C(=O)O)CC1. The van der Waals surface area contributed by atoms with E-state index in [-0.39, 0.29) is 13.2 Å². The van der Waals surface area contributed by atoms with Crippen molar-refractivity contribution in [1.82, 2.24) is 5.32 Å². The summed E-state index contributed by atoms with van der Waals surface area (Å²) in [5.41, 5.74) is 3.22. The van der Waals surface area contributed by atoms with Gasteiger partial charge < -0.3 is 20.9 Å². The quantitative estimate of drug-likeness (QED) is 0.645. The number of amides is 1. The van der Waals surface area contributed by atoms with Gasteiger partial charge in [-0.1, -0.05) is 14.4 Å². The molecular formula is C17H33ClN2O5. The summed E-state index contributed by atoms with van der Waals surface area (Å²) in [6.07, 6.45) is 4.18. The van der Waals surface area contributed by atoms with Crippen LogP contribution in [0.25, 0.3) is 0 Å². The number of carboxylic acids is 1. The minimum Gasteiger partial charge on any atom is -0.480 e. The van der Waals surface area contributed by atoms with Gasteiger partial charge in [-0.2, -0.15) is 0 Å². The van der Waals surface area contributed by atoms with E-state index < -0.39 is 28.7 Å². The van der Waals surface area contributed by atoms with Crippen molar-refractivity contribution in [3.63, 3.8) is 0 Å². The van der Waals surface area contributed by atoms with Crippen LogP contribution in [0.2, 0.25) is 0 Å². The van der Waals surface area contributed by atoms with Gasteiger partial charge in [-0.25, -0.2) is 4.79 Å². The second-order valence-electron chi connectivity index (χ2n) is 6.95. The Hall–Kier alpha value is -1.34. The highest BCUT2D eigenvalue weighted by Crippen LogP contribution is 2.37. The number of nitrogens with one attached hydrogen (secondary N) is 1. The highest BCUT2D eigenvalue weighted by atomic mass is 35.5. The fourth-order valence-corrected chi connectivity index (χ4v) is 1.78. The van der Waals surface area contributed by atoms with Crippen molar-refractivity contribution in [3.05, 3.63) is 0 Å². The van der Waals surface area contributed by atoms with Gasteiger partial charge in [-0.15, -0.1) is 11.6 Å². The molecule has 0 radical (unpaired) electrons. The lowest BCUT2D eigenvalue weighted by atomic mass is 10.1. The molecule has 2 aliphatic carbocycles. The Balaban J connectivity index is 0. The number of alkyl carbamates (subject to hydrolysis) is 1. The molecule has 2 saturated carbocycles. The third-order valence-electron chi connectivity index (χ3n) is 3.56. The lowest BCUT2D eigenvalue weighted by molar-refractivity contribution is -0.139. The molecule has 0 aromatic heterocycles. The van der Waals surface area contributed by atoms with E-state index in [1.54, 1.807) is 27.7 Å². The second-order valence-corrected chi connectivity index (χ2v) is 6.95. The number of aliphatic carboxylic acids is 1. The largest absolute Gasteiger partial charge is 0.480 e. The van der Waals surface area contributed by atoms with Crippen LogP contribution in [0.5, 0.6) is 0 Å². The van der Waals surface area contributed by atoms with Crippen LogP contribution in [0.1, 0.15) is 67.2 Å². The highest BCUT2D eigenvalue weighted by molar-refractivity contribution is 6.15. The number of ether oxygens (including phenoxy) is 1. The first-order valence-electron chi connectivity index (χ1n) is 7.89. The van der Waals surface area contributed by atoms with Gasteiger partial charge in [0.15, 0.2) is 5.78 Å². The van der Waals surface area contributed by atoms with Crippen LogP contribution in [0, 0.1) is 0 Å². The third kappa shape index (κ3) is 9.07. The predicted molar refractivity (Wildman–Crippen MR) is 98.9 cm³/mol. The smallest absolute Gasteiger partial charge is 0.408 e. The van der Waals surface area contributed by atoms with E-state index in [4.69, 9.17) is 15.6 Å².